The van der Waals surface area contributed by atoms with E-state index in [2.05, 4.69) is 10.2 Å². The Balaban J connectivity index is 1.47. The molecule has 2 aromatic carbocycles. The van der Waals surface area contributed by atoms with Gasteiger partial charge in [-0.2, -0.15) is 26.3 Å². The van der Waals surface area contributed by atoms with Gasteiger partial charge in [-0.15, -0.1) is 0 Å². The van der Waals surface area contributed by atoms with E-state index in [1.54, 1.807) is 4.90 Å². The first-order valence-electron chi connectivity index (χ1n) is 14.0. The standard InChI is InChI=1S/C30H35F6N3O3/c1-19(22-14-23(29(31,32)33)16-24(15-22)30(34,35)36)42-27-10-13-39(17-26(27)21-6-4-3-5-7-21)28(41)18-38-11-8-25(9-12-38)37-20(2)40/h3-7,14-16,19,25-27H,8-13,17-18H2,1-2H3,(H,37,40)/t19-,26+,27+/m1/s1. The Kier molecular flexibility index (Phi) is 9.87. The van der Waals surface area contributed by atoms with E-state index in [-0.39, 0.29) is 41.9 Å². The molecular formula is C30H35F6N3O3. The highest BCUT2D eigenvalue weighted by Crippen LogP contribution is 2.39. The fourth-order valence-electron chi connectivity index (χ4n) is 5.71. The van der Waals surface area contributed by atoms with Crippen LogP contribution in [0.2, 0.25) is 0 Å². The number of carbonyl (C=O) groups is 2. The zero-order chi connectivity index (χ0) is 30.7. The van der Waals surface area contributed by atoms with Gasteiger partial charge in [-0.05, 0) is 55.5 Å². The van der Waals surface area contributed by atoms with Gasteiger partial charge in [0.2, 0.25) is 11.8 Å². The molecule has 2 aliphatic rings. The highest BCUT2D eigenvalue weighted by molar-refractivity contribution is 5.78. The van der Waals surface area contributed by atoms with Crippen LogP contribution in [0.15, 0.2) is 48.5 Å². The minimum absolute atomic E-state index is 0.0619. The summed E-state index contributed by atoms with van der Waals surface area (Å²) in [5.41, 5.74) is -2.12. The molecular weight excluding hydrogens is 564 g/mol. The van der Waals surface area contributed by atoms with Gasteiger partial charge in [0.15, 0.2) is 0 Å². The summed E-state index contributed by atoms with van der Waals surface area (Å²) in [6.45, 7) is 5.14. The second-order valence-corrected chi connectivity index (χ2v) is 11.1. The summed E-state index contributed by atoms with van der Waals surface area (Å²) < 4.78 is 86.8. The van der Waals surface area contributed by atoms with E-state index >= 15 is 0 Å². The lowest BCUT2D eigenvalue weighted by molar-refractivity contribution is -0.143. The van der Waals surface area contributed by atoms with Gasteiger partial charge < -0.3 is 15.0 Å². The quantitative estimate of drug-likeness (QED) is 0.410. The molecule has 2 saturated heterocycles. The molecule has 0 spiro atoms. The molecule has 1 N–H and O–H groups in total. The minimum Gasteiger partial charge on any atom is -0.370 e. The summed E-state index contributed by atoms with van der Waals surface area (Å²) in [4.78, 5) is 28.4. The number of hydrogen-bond acceptors (Lipinski definition) is 4. The lowest BCUT2D eigenvalue weighted by Gasteiger charge is -2.41. The number of rotatable bonds is 7. The topological polar surface area (TPSA) is 61.9 Å². The maximum Gasteiger partial charge on any atom is 0.416 e. The molecule has 12 heteroatoms. The van der Waals surface area contributed by atoms with Gasteiger partial charge in [0.05, 0.1) is 29.9 Å². The van der Waals surface area contributed by atoms with Crippen LogP contribution < -0.4 is 5.32 Å². The highest BCUT2D eigenvalue weighted by Gasteiger charge is 2.39. The van der Waals surface area contributed by atoms with E-state index in [4.69, 9.17) is 4.74 Å². The zero-order valence-corrected chi connectivity index (χ0v) is 23.5. The molecule has 2 amide bonds. The normalized spacial score (nSPS) is 21.7. The molecule has 230 valence electrons. The summed E-state index contributed by atoms with van der Waals surface area (Å²) >= 11 is 0. The number of amides is 2. The van der Waals surface area contributed by atoms with Crippen molar-refractivity contribution in [2.75, 3.05) is 32.7 Å². The second-order valence-electron chi connectivity index (χ2n) is 11.1. The third-order valence-corrected chi connectivity index (χ3v) is 7.94. The molecule has 0 bridgehead atoms. The largest absolute Gasteiger partial charge is 0.416 e. The summed E-state index contributed by atoms with van der Waals surface area (Å²) in [5, 5.41) is 2.91. The molecule has 0 aliphatic carbocycles. The Labute approximate surface area is 241 Å². The Morgan fingerprint density at radius 2 is 1.52 bits per heavy atom. The molecule has 4 rings (SSSR count). The minimum atomic E-state index is -4.95. The molecule has 2 fully saturated rings. The van der Waals surface area contributed by atoms with Crippen molar-refractivity contribution < 1.29 is 40.7 Å². The van der Waals surface area contributed by atoms with E-state index in [1.165, 1.54) is 13.8 Å². The van der Waals surface area contributed by atoms with Crippen LogP contribution in [-0.2, 0) is 26.7 Å². The van der Waals surface area contributed by atoms with E-state index < -0.39 is 35.7 Å². The third-order valence-electron chi connectivity index (χ3n) is 7.94. The molecule has 0 saturated carbocycles. The SMILES string of the molecule is CC(=O)NC1CCN(CC(=O)N2CC[C@H](O[C@H](C)c3cc(C(F)(F)F)cc(C(F)(F)F)c3)[C@H](c3ccccc3)C2)CC1. The molecule has 42 heavy (non-hydrogen) atoms. The third kappa shape index (κ3) is 8.25. The average Bonchev–Trinajstić information content (AvgIpc) is 2.93. The maximum absolute atomic E-state index is 13.4. The molecule has 2 aromatic rings. The molecule has 6 nitrogen and oxygen atoms in total. The van der Waals surface area contributed by atoms with Crippen LogP contribution in [0, 0.1) is 0 Å². The molecule has 0 aromatic heterocycles. The first-order chi connectivity index (χ1) is 19.7. The van der Waals surface area contributed by atoms with Crippen LogP contribution in [0.25, 0.3) is 0 Å². The van der Waals surface area contributed by atoms with Crippen LogP contribution in [0.3, 0.4) is 0 Å². The summed E-state index contributed by atoms with van der Waals surface area (Å²) in [6, 6.07) is 10.8. The van der Waals surface area contributed by atoms with Crippen molar-refractivity contribution in [3.8, 4) is 0 Å². The van der Waals surface area contributed by atoms with Crippen LogP contribution in [0.4, 0.5) is 26.3 Å². The van der Waals surface area contributed by atoms with Gasteiger partial charge in [0.1, 0.15) is 0 Å². The molecule has 0 unspecified atom stereocenters. The van der Waals surface area contributed by atoms with E-state index in [9.17, 15) is 35.9 Å². The molecule has 2 heterocycles. The van der Waals surface area contributed by atoms with Gasteiger partial charge in [0, 0.05) is 45.1 Å². The smallest absolute Gasteiger partial charge is 0.370 e. The first kappa shape index (κ1) is 31.8. The Bertz CT molecular complexity index is 1200. The number of ether oxygens (including phenoxy) is 1. The Hall–Kier alpha value is -3.12. The number of nitrogens with one attached hydrogen (secondary N) is 1. The van der Waals surface area contributed by atoms with Crippen molar-refractivity contribution in [3.63, 3.8) is 0 Å². The van der Waals surface area contributed by atoms with Crippen molar-refractivity contribution in [1.29, 1.82) is 0 Å². The number of benzene rings is 2. The number of alkyl halides is 6. The first-order valence-corrected chi connectivity index (χ1v) is 14.0. The van der Waals surface area contributed by atoms with E-state index in [0.29, 0.717) is 44.7 Å². The highest BCUT2D eigenvalue weighted by atomic mass is 19.4. The van der Waals surface area contributed by atoms with Crippen LogP contribution in [-0.4, -0.2) is 66.5 Å². The van der Waals surface area contributed by atoms with E-state index in [1.807, 2.05) is 30.3 Å². The van der Waals surface area contributed by atoms with Crippen LogP contribution >= 0.6 is 0 Å². The van der Waals surface area contributed by atoms with Crippen molar-refractivity contribution in [2.45, 2.75) is 69.6 Å². The fourth-order valence-corrected chi connectivity index (χ4v) is 5.71. The number of hydrogen-bond donors (Lipinski definition) is 1. The summed E-state index contributed by atoms with van der Waals surface area (Å²) in [7, 11) is 0. The Morgan fingerprint density at radius 1 is 0.929 bits per heavy atom. The number of piperidine rings is 2. The fraction of sp³-hybridized carbons (Fsp3) is 0.533. The van der Waals surface area contributed by atoms with Crippen molar-refractivity contribution in [2.24, 2.45) is 0 Å². The Morgan fingerprint density at radius 3 is 2.07 bits per heavy atom. The predicted octanol–water partition coefficient (Wildman–Crippen LogP) is 5.79. The van der Waals surface area contributed by atoms with Gasteiger partial charge in [-0.1, -0.05) is 30.3 Å². The van der Waals surface area contributed by atoms with Crippen molar-refractivity contribution in [3.05, 3.63) is 70.8 Å². The number of halogens is 6. The number of likely N-dealkylation sites (tertiary alicyclic amines) is 2. The summed E-state index contributed by atoms with van der Waals surface area (Å²) in [6.07, 6.45) is -9.63. The van der Waals surface area contributed by atoms with Gasteiger partial charge in [-0.25, -0.2) is 0 Å². The summed E-state index contributed by atoms with van der Waals surface area (Å²) in [5.74, 6) is -0.470. The molecule has 2 aliphatic heterocycles. The number of carbonyl (C=O) groups excluding carboxylic acids is 2. The molecule has 0 radical (unpaired) electrons. The van der Waals surface area contributed by atoms with E-state index in [0.717, 1.165) is 18.4 Å². The lowest BCUT2D eigenvalue weighted by Crippen LogP contribution is -2.51. The molecule has 3 atom stereocenters. The van der Waals surface area contributed by atoms with Crippen molar-refractivity contribution >= 4 is 11.8 Å². The second kappa shape index (κ2) is 13.0. The van der Waals surface area contributed by atoms with Gasteiger partial charge >= 0.3 is 12.4 Å². The van der Waals surface area contributed by atoms with Gasteiger partial charge in [-0.3, -0.25) is 14.5 Å². The monoisotopic (exact) mass is 599 g/mol. The van der Waals surface area contributed by atoms with Crippen molar-refractivity contribution in [1.82, 2.24) is 15.1 Å². The number of nitrogens with zero attached hydrogens (tertiary/aromatic N) is 2. The van der Waals surface area contributed by atoms with Crippen LogP contribution in [0.5, 0.6) is 0 Å². The lowest BCUT2D eigenvalue weighted by atomic mass is 9.87. The maximum atomic E-state index is 13.4. The predicted molar refractivity (Wildman–Crippen MR) is 143 cm³/mol. The zero-order valence-electron chi connectivity index (χ0n) is 23.5. The van der Waals surface area contributed by atoms with Crippen LogP contribution in [0.1, 0.15) is 67.4 Å². The average molecular weight is 600 g/mol. The van der Waals surface area contributed by atoms with Gasteiger partial charge in [0.25, 0.3) is 0 Å².